The molecule has 2 aromatic rings. The second kappa shape index (κ2) is 5.78. The minimum atomic E-state index is -0.0666. The lowest BCUT2D eigenvalue weighted by atomic mass is 10.0. The smallest absolute Gasteiger partial charge is 0.162 e. The van der Waals surface area contributed by atoms with Crippen LogP contribution in [0.15, 0.2) is 42.5 Å². The molecule has 0 amide bonds. The molecular formula is C17H19NO2. The molecule has 0 bridgehead atoms. The minimum Gasteiger partial charge on any atom is -0.457 e. The standard InChI is InChI=1S/C17H19NO2/c1-11(2)13-4-6-14(7-5-13)20-15-8-9-17(18)16(10-15)12(3)19/h4-11H,18H2,1-3H3. The van der Waals surface area contributed by atoms with Gasteiger partial charge in [0.2, 0.25) is 0 Å². The molecule has 20 heavy (non-hydrogen) atoms. The lowest BCUT2D eigenvalue weighted by molar-refractivity contribution is 0.101. The van der Waals surface area contributed by atoms with Crippen molar-refractivity contribution in [2.45, 2.75) is 26.7 Å². The first kappa shape index (κ1) is 14.1. The molecule has 3 nitrogen and oxygen atoms in total. The molecule has 0 unspecified atom stereocenters. The summed E-state index contributed by atoms with van der Waals surface area (Å²) in [7, 11) is 0. The zero-order chi connectivity index (χ0) is 14.7. The van der Waals surface area contributed by atoms with Gasteiger partial charge in [-0.1, -0.05) is 26.0 Å². The van der Waals surface area contributed by atoms with Gasteiger partial charge < -0.3 is 10.5 Å². The summed E-state index contributed by atoms with van der Waals surface area (Å²) in [6, 6.07) is 13.1. The number of carbonyl (C=O) groups excluding carboxylic acids is 1. The van der Waals surface area contributed by atoms with Gasteiger partial charge in [0.15, 0.2) is 5.78 Å². The van der Waals surface area contributed by atoms with Crippen molar-refractivity contribution in [2.75, 3.05) is 5.73 Å². The van der Waals surface area contributed by atoms with Gasteiger partial charge in [0.05, 0.1) is 0 Å². The Bertz CT molecular complexity index is 615. The van der Waals surface area contributed by atoms with E-state index in [0.717, 1.165) is 5.75 Å². The van der Waals surface area contributed by atoms with Crippen LogP contribution in [0.5, 0.6) is 11.5 Å². The highest BCUT2D eigenvalue weighted by atomic mass is 16.5. The van der Waals surface area contributed by atoms with Gasteiger partial charge in [0, 0.05) is 11.3 Å². The van der Waals surface area contributed by atoms with Crippen LogP contribution in [-0.4, -0.2) is 5.78 Å². The number of hydrogen-bond acceptors (Lipinski definition) is 3. The number of rotatable bonds is 4. The molecule has 0 heterocycles. The molecule has 0 aromatic heterocycles. The van der Waals surface area contributed by atoms with Crippen molar-refractivity contribution >= 4 is 11.5 Å². The Hall–Kier alpha value is -2.29. The predicted octanol–water partition coefficient (Wildman–Crippen LogP) is 4.39. The summed E-state index contributed by atoms with van der Waals surface area (Å²) >= 11 is 0. The Morgan fingerprint density at radius 2 is 1.65 bits per heavy atom. The van der Waals surface area contributed by atoms with Crippen LogP contribution in [-0.2, 0) is 0 Å². The van der Waals surface area contributed by atoms with E-state index >= 15 is 0 Å². The number of nitrogen functional groups attached to an aromatic ring is 1. The number of benzene rings is 2. The van der Waals surface area contributed by atoms with Crippen molar-refractivity contribution in [1.29, 1.82) is 0 Å². The number of carbonyl (C=O) groups is 1. The van der Waals surface area contributed by atoms with Crippen LogP contribution in [0.4, 0.5) is 5.69 Å². The molecule has 3 heteroatoms. The summed E-state index contributed by atoms with van der Waals surface area (Å²) in [5, 5.41) is 0. The molecule has 0 saturated carbocycles. The summed E-state index contributed by atoms with van der Waals surface area (Å²) < 4.78 is 5.75. The van der Waals surface area contributed by atoms with Gasteiger partial charge in [-0.25, -0.2) is 0 Å². The van der Waals surface area contributed by atoms with Crippen molar-refractivity contribution in [3.63, 3.8) is 0 Å². The van der Waals surface area contributed by atoms with Crippen LogP contribution < -0.4 is 10.5 Å². The molecule has 0 aliphatic carbocycles. The molecule has 2 aromatic carbocycles. The van der Waals surface area contributed by atoms with Gasteiger partial charge in [-0.3, -0.25) is 4.79 Å². The molecule has 0 atom stereocenters. The van der Waals surface area contributed by atoms with E-state index in [-0.39, 0.29) is 5.78 Å². The molecule has 0 aliphatic rings. The van der Waals surface area contributed by atoms with Crippen molar-refractivity contribution in [2.24, 2.45) is 0 Å². The van der Waals surface area contributed by atoms with Crippen LogP contribution in [0.25, 0.3) is 0 Å². The lowest BCUT2D eigenvalue weighted by Gasteiger charge is -2.10. The molecule has 2 N–H and O–H groups in total. The third-order valence-corrected chi connectivity index (χ3v) is 3.19. The first-order valence-corrected chi connectivity index (χ1v) is 6.65. The van der Waals surface area contributed by atoms with Gasteiger partial charge in [-0.15, -0.1) is 0 Å². The van der Waals surface area contributed by atoms with Gasteiger partial charge in [0.25, 0.3) is 0 Å². The maximum atomic E-state index is 11.5. The minimum absolute atomic E-state index is 0.0666. The monoisotopic (exact) mass is 269 g/mol. The third kappa shape index (κ3) is 3.18. The van der Waals surface area contributed by atoms with Crippen LogP contribution >= 0.6 is 0 Å². The molecule has 0 spiro atoms. The SMILES string of the molecule is CC(=O)c1cc(Oc2ccc(C(C)C)cc2)ccc1N. The van der Waals surface area contributed by atoms with E-state index in [1.54, 1.807) is 18.2 Å². The van der Waals surface area contributed by atoms with E-state index in [1.165, 1.54) is 12.5 Å². The number of Topliss-reactive ketones (excluding diaryl/α,β-unsaturated/α-hetero) is 1. The average Bonchev–Trinajstić information content (AvgIpc) is 2.41. The largest absolute Gasteiger partial charge is 0.457 e. The Kier molecular flexibility index (Phi) is 4.08. The van der Waals surface area contributed by atoms with Crippen molar-refractivity contribution in [3.8, 4) is 11.5 Å². The molecule has 0 fully saturated rings. The van der Waals surface area contributed by atoms with E-state index in [4.69, 9.17) is 10.5 Å². The van der Waals surface area contributed by atoms with E-state index in [1.807, 2.05) is 24.3 Å². The fraction of sp³-hybridized carbons (Fsp3) is 0.235. The lowest BCUT2D eigenvalue weighted by Crippen LogP contribution is -1.99. The Labute approximate surface area is 119 Å². The highest BCUT2D eigenvalue weighted by Gasteiger charge is 2.07. The molecule has 2 rings (SSSR count). The van der Waals surface area contributed by atoms with Crippen LogP contribution in [0.3, 0.4) is 0 Å². The maximum Gasteiger partial charge on any atom is 0.162 e. The average molecular weight is 269 g/mol. The Morgan fingerprint density at radius 1 is 1.05 bits per heavy atom. The van der Waals surface area contributed by atoms with Gasteiger partial charge in [-0.2, -0.15) is 0 Å². The molecule has 0 radical (unpaired) electrons. The number of nitrogens with two attached hydrogens (primary N) is 1. The quantitative estimate of drug-likeness (QED) is 0.661. The summed E-state index contributed by atoms with van der Waals surface area (Å²) in [5.41, 5.74) is 7.98. The zero-order valence-electron chi connectivity index (χ0n) is 12.0. The fourth-order valence-electron chi connectivity index (χ4n) is 1.96. The topological polar surface area (TPSA) is 52.3 Å². The van der Waals surface area contributed by atoms with Gasteiger partial charge in [0.1, 0.15) is 11.5 Å². The molecule has 0 aliphatic heterocycles. The number of ketones is 1. The Balaban J connectivity index is 2.21. The number of anilines is 1. The van der Waals surface area contributed by atoms with E-state index in [0.29, 0.717) is 22.9 Å². The van der Waals surface area contributed by atoms with Crippen LogP contribution in [0.2, 0.25) is 0 Å². The molecular weight excluding hydrogens is 250 g/mol. The van der Waals surface area contributed by atoms with E-state index < -0.39 is 0 Å². The highest BCUT2D eigenvalue weighted by Crippen LogP contribution is 2.26. The number of ether oxygens (including phenoxy) is 1. The summed E-state index contributed by atoms with van der Waals surface area (Å²) in [5.74, 6) is 1.78. The van der Waals surface area contributed by atoms with E-state index in [9.17, 15) is 4.79 Å². The predicted molar refractivity (Wildman–Crippen MR) is 81.5 cm³/mol. The molecule has 104 valence electrons. The van der Waals surface area contributed by atoms with Crippen LogP contribution in [0.1, 0.15) is 42.6 Å². The normalized spacial score (nSPS) is 10.6. The Morgan fingerprint density at radius 3 is 2.20 bits per heavy atom. The number of hydrogen-bond donors (Lipinski definition) is 1. The first-order valence-electron chi connectivity index (χ1n) is 6.65. The first-order chi connectivity index (χ1) is 9.47. The van der Waals surface area contributed by atoms with Crippen LogP contribution in [0, 0.1) is 0 Å². The van der Waals surface area contributed by atoms with Crippen molar-refractivity contribution in [3.05, 3.63) is 53.6 Å². The van der Waals surface area contributed by atoms with Crippen molar-refractivity contribution < 1.29 is 9.53 Å². The second-order valence-electron chi connectivity index (χ2n) is 5.13. The summed E-state index contributed by atoms with van der Waals surface area (Å²) in [6.07, 6.45) is 0. The fourth-order valence-corrected chi connectivity index (χ4v) is 1.96. The van der Waals surface area contributed by atoms with Crippen molar-refractivity contribution in [1.82, 2.24) is 0 Å². The summed E-state index contributed by atoms with van der Waals surface area (Å²) in [4.78, 5) is 11.5. The zero-order valence-corrected chi connectivity index (χ0v) is 12.0. The van der Waals surface area contributed by atoms with E-state index in [2.05, 4.69) is 13.8 Å². The van der Waals surface area contributed by atoms with Gasteiger partial charge >= 0.3 is 0 Å². The second-order valence-corrected chi connectivity index (χ2v) is 5.13. The maximum absolute atomic E-state index is 11.5. The highest BCUT2D eigenvalue weighted by molar-refractivity contribution is 5.99. The summed E-state index contributed by atoms with van der Waals surface area (Å²) in [6.45, 7) is 5.79. The molecule has 0 saturated heterocycles. The van der Waals surface area contributed by atoms with Gasteiger partial charge in [-0.05, 0) is 48.7 Å². The third-order valence-electron chi connectivity index (χ3n) is 3.19.